The molecule has 0 unspecified atom stereocenters. The number of ether oxygens (including phenoxy) is 1. The number of aliphatic hydroxyl groups excluding tert-OH is 1. The maximum atomic E-state index is 12.9. The lowest BCUT2D eigenvalue weighted by Gasteiger charge is -2.23. The van der Waals surface area contributed by atoms with Gasteiger partial charge in [0, 0.05) is 24.2 Å². The van der Waals surface area contributed by atoms with Gasteiger partial charge in [-0.3, -0.25) is 4.79 Å². The van der Waals surface area contributed by atoms with Crippen LogP contribution in [0.5, 0.6) is 5.75 Å². The van der Waals surface area contributed by atoms with Gasteiger partial charge in [0.05, 0.1) is 25.3 Å². The summed E-state index contributed by atoms with van der Waals surface area (Å²) in [6.45, 7) is 2.23. The maximum absolute atomic E-state index is 12.9. The Bertz CT molecular complexity index is 765. The van der Waals surface area contributed by atoms with Crippen molar-refractivity contribution in [3.63, 3.8) is 0 Å². The van der Waals surface area contributed by atoms with E-state index in [1.165, 1.54) is 0 Å². The smallest absolute Gasteiger partial charge is 0.254 e. The molecule has 5 heteroatoms. The number of hydrogen-bond acceptors (Lipinski definition) is 4. The molecular formula is C19H20N2O3. The molecular weight excluding hydrogens is 304 g/mol. The van der Waals surface area contributed by atoms with Crippen LogP contribution in [0.4, 0.5) is 0 Å². The molecule has 0 aromatic heterocycles. The third kappa shape index (κ3) is 3.92. The van der Waals surface area contributed by atoms with Gasteiger partial charge in [0.1, 0.15) is 5.75 Å². The monoisotopic (exact) mass is 324 g/mol. The first-order chi connectivity index (χ1) is 11.6. The van der Waals surface area contributed by atoms with Crippen LogP contribution in [0.15, 0.2) is 42.5 Å². The highest BCUT2D eigenvalue weighted by Gasteiger charge is 2.19. The number of benzene rings is 2. The van der Waals surface area contributed by atoms with Gasteiger partial charge in [-0.25, -0.2) is 0 Å². The summed E-state index contributed by atoms with van der Waals surface area (Å²) in [5.74, 6) is 0.515. The van der Waals surface area contributed by atoms with Crippen LogP contribution in [0, 0.1) is 18.3 Å². The number of para-hydroxylation sites is 1. The zero-order chi connectivity index (χ0) is 17.5. The summed E-state index contributed by atoms with van der Waals surface area (Å²) in [5.41, 5.74) is 2.65. The minimum absolute atomic E-state index is 0.129. The third-order valence-electron chi connectivity index (χ3n) is 3.80. The molecule has 0 aliphatic carbocycles. The van der Waals surface area contributed by atoms with Crippen LogP contribution in [0.2, 0.25) is 0 Å². The normalized spacial score (nSPS) is 10.1. The highest BCUT2D eigenvalue weighted by atomic mass is 16.5. The predicted molar refractivity (Wildman–Crippen MR) is 90.7 cm³/mol. The van der Waals surface area contributed by atoms with Gasteiger partial charge < -0.3 is 14.7 Å². The van der Waals surface area contributed by atoms with Crippen LogP contribution in [0.25, 0.3) is 0 Å². The van der Waals surface area contributed by atoms with Gasteiger partial charge >= 0.3 is 0 Å². The second-order valence-corrected chi connectivity index (χ2v) is 5.40. The molecule has 2 rings (SSSR count). The molecule has 2 aromatic carbocycles. The summed E-state index contributed by atoms with van der Waals surface area (Å²) >= 11 is 0. The van der Waals surface area contributed by atoms with Crippen molar-refractivity contribution in [2.75, 3.05) is 20.3 Å². The SMILES string of the molecule is COc1ccccc1CN(CCO)C(=O)c1ccc(C#N)cc1C. The van der Waals surface area contributed by atoms with Crippen molar-refractivity contribution in [3.05, 3.63) is 64.7 Å². The Kier molecular flexibility index (Phi) is 5.94. The number of nitrogens with zero attached hydrogens (tertiary/aromatic N) is 2. The van der Waals surface area contributed by atoms with E-state index >= 15 is 0 Å². The molecule has 0 heterocycles. The minimum atomic E-state index is -0.183. The van der Waals surface area contributed by atoms with E-state index in [-0.39, 0.29) is 19.1 Å². The lowest BCUT2D eigenvalue weighted by molar-refractivity contribution is 0.0706. The Morgan fingerprint density at radius 1 is 1.29 bits per heavy atom. The first-order valence-corrected chi connectivity index (χ1v) is 7.63. The summed E-state index contributed by atoms with van der Waals surface area (Å²) in [7, 11) is 1.59. The lowest BCUT2D eigenvalue weighted by Crippen LogP contribution is -2.33. The van der Waals surface area contributed by atoms with Gasteiger partial charge in [0.25, 0.3) is 5.91 Å². The van der Waals surface area contributed by atoms with Gasteiger partial charge in [0.2, 0.25) is 0 Å². The molecule has 2 aromatic rings. The van der Waals surface area contributed by atoms with Crippen molar-refractivity contribution < 1.29 is 14.6 Å². The van der Waals surface area contributed by atoms with Crippen LogP contribution in [-0.4, -0.2) is 36.2 Å². The molecule has 0 fully saturated rings. The summed E-state index contributed by atoms with van der Waals surface area (Å²) in [6, 6.07) is 14.5. The van der Waals surface area contributed by atoms with E-state index in [4.69, 9.17) is 10.00 Å². The topological polar surface area (TPSA) is 73.6 Å². The van der Waals surface area contributed by atoms with Gasteiger partial charge in [-0.2, -0.15) is 5.26 Å². The molecule has 0 radical (unpaired) electrons. The third-order valence-corrected chi connectivity index (χ3v) is 3.80. The summed E-state index contributed by atoms with van der Waals surface area (Å²) < 4.78 is 5.33. The standard InChI is InChI=1S/C19H20N2O3/c1-14-11-15(12-20)7-8-17(14)19(23)21(9-10-22)13-16-5-3-4-6-18(16)24-2/h3-8,11,22H,9-10,13H2,1-2H3. The number of hydrogen-bond donors (Lipinski definition) is 1. The van der Waals surface area contributed by atoms with E-state index in [1.54, 1.807) is 37.1 Å². The Morgan fingerprint density at radius 3 is 2.67 bits per heavy atom. The fourth-order valence-corrected chi connectivity index (χ4v) is 2.56. The number of carbonyl (C=O) groups excluding carboxylic acids is 1. The highest BCUT2D eigenvalue weighted by Crippen LogP contribution is 2.21. The molecule has 5 nitrogen and oxygen atoms in total. The van der Waals surface area contributed by atoms with Crippen molar-refractivity contribution in [2.24, 2.45) is 0 Å². The molecule has 0 saturated carbocycles. The van der Waals surface area contributed by atoms with E-state index < -0.39 is 0 Å². The van der Waals surface area contributed by atoms with Crippen molar-refractivity contribution in [2.45, 2.75) is 13.5 Å². The molecule has 0 saturated heterocycles. The van der Waals surface area contributed by atoms with Crippen LogP contribution in [-0.2, 0) is 6.54 Å². The quantitative estimate of drug-likeness (QED) is 0.886. The Labute approximate surface area is 141 Å². The number of nitriles is 1. The molecule has 124 valence electrons. The Hall–Kier alpha value is -2.84. The molecule has 0 atom stereocenters. The van der Waals surface area contributed by atoms with Crippen LogP contribution in [0.3, 0.4) is 0 Å². The van der Waals surface area contributed by atoms with E-state index in [0.29, 0.717) is 23.4 Å². The largest absolute Gasteiger partial charge is 0.496 e. The van der Waals surface area contributed by atoms with Crippen molar-refractivity contribution >= 4 is 5.91 Å². The van der Waals surface area contributed by atoms with E-state index in [1.807, 2.05) is 24.3 Å². The van der Waals surface area contributed by atoms with Crippen molar-refractivity contribution in [1.82, 2.24) is 4.90 Å². The van der Waals surface area contributed by atoms with Crippen LogP contribution >= 0.6 is 0 Å². The number of rotatable bonds is 6. The van der Waals surface area contributed by atoms with Crippen molar-refractivity contribution in [3.8, 4) is 11.8 Å². The number of aryl methyl sites for hydroxylation is 1. The van der Waals surface area contributed by atoms with Gasteiger partial charge in [-0.05, 0) is 36.8 Å². The number of aliphatic hydroxyl groups is 1. The molecule has 24 heavy (non-hydrogen) atoms. The predicted octanol–water partition coefficient (Wildman–Crippen LogP) is 2.51. The second kappa shape index (κ2) is 8.14. The molecule has 0 spiro atoms. The number of amides is 1. The fourth-order valence-electron chi connectivity index (χ4n) is 2.56. The maximum Gasteiger partial charge on any atom is 0.254 e. The first kappa shape index (κ1) is 17.5. The lowest BCUT2D eigenvalue weighted by atomic mass is 10.0. The van der Waals surface area contributed by atoms with Gasteiger partial charge in [0.15, 0.2) is 0 Å². The first-order valence-electron chi connectivity index (χ1n) is 7.63. The van der Waals surface area contributed by atoms with Gasteiger partial charge in [-0.1, -0.05) is 18.2 Å². The number of carbonyl (C=O) groups is 1. The summed E-state index contributed by atoms with van der Waals surface area (Å²) in [4.78, 5) is 14.4. The summed E-state index contributed by atoms with van der Waals surface area (Å²) in [5, 5.41) is 18.3. The average molecular weight is 324 g/mol. The minimum Gasteiger partial charge on any atom is -0.496 e. The van der Waals surface area contributed by atoms with Gasteiger partial charge in [-0.15, -0.1) is 0 Å². The number of methoxy groups -OCH3 is 1. The average Bonchev–Trinajstić information content (AvgIpc) is 2.61. The van der Waals surface area contributed by atoms with Crippen LogP contribution < -0.4 is 4.74 Å². The van der Waals surface area contributed by atoms with E-state index in [9.17, 15) is 9.90 Å². The van der Waals surface area contributed by atoms with Crippen LogP contribution in [0.1, 0.15) is 27.0 Å². The highest BCUT2D eigenvalue weighted by molar-refractivity contribution is 5.95. The molecule has 0 bridgehead atoms. The molecule has 1 N–H and O–H groups in total. The molecule has 0 aliphatic heterocycles. The summed E-state index contributed by atoms with van der Waals surface area (Å²) in [6.07, 6.45) is 0. The molecule has 0 aliphatic rings. The van der Waals surface area contributed by atoms with Crippen molar-refractivity contribution in [1.29, 1.82) is 5.26 Å². The molecule has 1 amide bonds. The fraction of sp³-hybridized carbons (Fsp3) is 0.263. The Morgan fingerprint density at radius 2 is 2.04 bits per heavy atom. The van der Waals surface area contributed by atoms with E-state index in [0.717, 1.165) is 11.1 Å². The van der Waals surface area contributed by atoms with E-state index in [2.05, 4.69) is 6.07 Å². The Balaban J connectivity index is 2.30. The second-order valence-electron chi connectivity index (χ2n) is 5.40. The zero-order valence-electron chi connectivity index (χ0n) is 13.8. The zero-order valence-corrected chi connectivity index (χ0v) is 13.8.